The van der Waals surface area contributed by atoms with Crippen LogP contribution < -0.4 is 0 Å². The second-order valence-corrected chi connectivity index (χ2v) is 16.5. The molecule has 0 bridgehead atoms. The van der Waals surface area contributed by atoms with Gasteiger partial charge < -0.3 is 14.6 Å². The van der Waals surface area contributed by atoms with Gasteiger partial charge in [0.15, 0.2) is 0 Å². The molecule has 1 N–H and O–H groups in total. The highest BCUT2D eigenvalue weighted by molar-refractivity contribution is 5.88. The SMILES string of the molecule is CC(=O)OC[C@]12CC[C@@H](C(C)(C)O)C1C1CCC3[C@@]4(C)CC[C@H](OC(C)=O)C(C)(C)C4CC[C@@]3(C)[C@]1(C)CC2=O. The highest BCUT2D eigenvalue weighted by Gasteiger charge is 2.73. The Hall–Kier alpha value is -1.43. The molecule has 6 nitrogen and oxygen atoms in total. The second kappa shape index (κ2) is 9.28. The predicted molar refractivity (Wildman–Crippen MR) is 153 cm³/mol. The molecule has 0 saturated heterocycles. The smallest absolute Gasteiger partial charge is 0.302 e. The number of rotatable bonds is 4. The minimum absolute atomic E-state index is 0.00168. The number of Topliss-reactive ketones (excluding diaryl/α,β-unsaturated/α-hetero) is 1. The van der Waals surface area contributed by atoms with E-state index in [1.54, 1.807) is 0 Å². The zero-order valence-corrected chi connectivity index (χ0v) is 26.5. The second-order valence-electron chi connectivity index (χ2n) is 16.5. The van der Waals surface area contributed by atoms with Gasteiger partial charge in [0, 0.05) is 25.7 Å². The van der Waals surface area contributed by atoms with Gasteiger partial charge in [-0.3, -0.25) is 14.4 Å². The van der Waals surface area contributed by atoms with Crippen LogP contribution in [-0.4, -0.2) is 41.1 Å². The van der Waals surface area contributed by atoms with Crippen molar-refractivity contribution < 1.29 is 29.0 Å². The molecule has 40 heavy (non-hydrogen) atoms. The molecule has 6 heteroatoms. The normalized spacial score (nSPS) is 47.8. The van der Waals surface area contributed by atoms with E-state index in [1.165, 1.54) is 13.8 Å². The van der Waals surface area contributed by atoms with Gasteiger partial charge in [-0.1, -0.05) is 34.6 Å². The number of carbonyl (C=O) groups is 3. The largest absolute Gasteiger partial charge is 0.465 e. The minimum Gasteiger partial charge on any atom is -0.465 e. The van der Waals surface area contributed by atoms with Gasteiger partial charge in [0.25, 0.3) is 0 Å². The molecule has 0 aromatic carbocycles. The van der Waals surface area contributed by atoms with Crippen molar-refractivity contribution >= 4 is 17.7 Å². The van der Waals surface area contributed by atoms with Crippen molar-refractivity contribution in [2.24, 2.45) is 56.7 Å². The number of carbonyl (C=O) groups excluding carboxylic acids is 3. The maximum absolute atomic E-state index is 14.4. The van der Waals surface area contributed by atoms with Crippen LogP contribution in [0.25, 0.3) is 0 Å². The van der Waals surface area contributed by atoms with E-state index in [9.17, 15) is 19.5 Å². The van der Waals surface area contributed by atoms with Crippen molar-refractivity contribution in [2.75, 3.05) is 6.61 Å². The molecule has 226 valence electrons. The van der Waals surface area contributed by atoms with Crippen LogP contribution in [0.4, 0.5) is 0 Å². The first-order valence-corrected chi connectivity index (χ1v) is 15.9. The molecule has 0 amide bonds. The molecule has 5 aliphatic carbocycles. The first-order valence-electron chi connectivity index (χ1n) is 15.9. The third kappa shape index (κ3) is 4.00. The molecule has 0 heterocycles. The molecule has 4 unspecified atom stereocenters. The van der Waals surface area contributed by atoms with E-state index in [0.29, 0.717) is 30.6 Å². The highest BCUT2D eigenvalue weighted by Crippen LogP contribution is 2.77. The Labute approximate surface area is 241 Å². The van der Waals surface area contributed by atoms with Crippen molar-refractivity contribution in [3.63, 3.8) is 0 Å². The Balaban J connectivity index is 1.54. The lowest BCUT2D eigenvalue weighted by atomic mass is 9.32. The van der Waals surface area contributed by atoms with E-state index in [4.69, 9.17) is 9.47 Å². The van der Waals surface area contributed by atoms with Gasteiger partial charge in [-0.15, -0.1) is 0 Å². The summed E-state index contributed by atoms with van der Waals surface area (Å²) in [6, 6.07) is 0. The molecule has 0 aromatic rings. The Kier molecular flexibility index (Phi) is 6.97. The number of esters is 2. The zero-order chi connectivity index (χ0) is 29.7. The van der Waals surface area contributed by atoms with Gasteiger partial charge in [-0.05, 0) is 111 Å². The van der Waals surface area contributed by atoms with Gasteiger partial charge in [-0.25, -0.2) is 0 Å². The highest BCUT2D eigenvalue weighted by atomic mass is 16.5. The third-order valence-electron chi connectivity index (χ3n) is 14.1. The lowest BCUT2D eigenvalue weighted by Crippen LogP contribution is -2.68. The minimum atomic E-state index is -0.901. The molecule has 5 fully saturated rings. The van der Waals surface area contributed by atoms with E-state index < -0.39 is 11.0 Å². The topological polar surface area (TPSA) is 89.9 Å². The van der Waals surface area contributed by atoms with Gasteiger partial charge in [0.05, 0.1) is 11.0 Å². The first kappa shape index (κ1) is 30.0. The van der Waals surface area contributed by atoms with Gasteiger partial charge in [0.1, 0.15) is 18.5 Å². The van der Waals surface area contributed by atoms with Gasteiger partial charge >= 0.3 is 11.9 Å². The number of fused-ring (bicyclic) bond motifs is 7. The molecule has 5 aliphatic rings. The molecular weight excluding hydrogens is 504 g/mol. The van der Waals surface area contributed by atoms with E-state index in [2.05, 4.69) is 34.6 Å². The first-order chi connectivity index (χ1) is 18.3. The summed E-state index contributed by atoms with van der Waals surface area (Å²) >= 11 is 0. The number of ether oxygens (including phenoxy) is 2. The van der Waals surface area contributed by atoms with Crippen LogP contribution in [0.15, 0.2) is 0 Å². The summed E-state index contributed by atoms with van der Waals surface area (Å²) < 4.78 is 11.5. The summed E-state index contributed by atoms with van der Waals surface area (Å²) in [6.45, 7) is 18.9. The van der Waals surface area contributed by atoms with E-state index in [0.717, 1.165) is 44.9 Å². The number of aliphatic hydroxyl groups is 1. The van der Waals surface area contributed by atoms with Crippen LogP contribution in [0, 0.1) is 56.7 Å². The summed E-state index contributed by atoms with van der Waals surface area (Å²) in [6.07, 6.45) is 8.18. The molecule has 0 aliphatic heterocycles. The average Bonchev–Trinajstić information content (AvgIpc) is 3.22. The van der Waals surface area contributed by atoms with Crippen LogP contribution in [0.2, 0.25) is 0 Å². The fraction of sp³-hybridized carbons (Fsp3) is 0.912. The fourth-order valence-corrected chi connectivity index (χ4v) is 12.2. The van der Waals surface area contributed by atoms with Gasteiger partial charge in [0.2, 0.25) is 0 Å². The summed E-state index contributed by atoms with van der Waals surface area (Å²) in [5.74, 6) is 0.965. The summed E-state index contributed by atoms with van der Waals surface area (Å²) in [5.41, 5.74) is -1.77. The van der Waals surface area contributed by atoms with Gasteiger partial charge in [-0.2, -0.15) is 0 Å². The zero-order valence-electron chi connectivity index (χ0n) is 26.5. The molecule has 5 saturated carbocycles. The summed E-state index contributed by atoms with van der Waals surface area (Å²) in [5, 5.41) is 11.4. The quantitative estimate of drug-likeness (QED) is 0.396. The number of hydrogen-bond acceptors (Lipinski definition) is 6. The van der Waals surface area contributed by atoms with Crippen LogP contribution >= 0.6 is 0 Å². The van der Waals surface area contributed by atoms with Crippen LogP contribution in [0.3, 0.4) is 0 Å². The monoisotopic (exact) mass is 558 g/mol. The van der Waals surface area contributed by atoms with E-state index in [1.807, 2.05) is 13.8 Å². The van der Waals surface area contributed by atoms with Crippen molar-refractivity contribution in [1.29, 1.82) is 0 Å². The lowest BCUT2D eigenvalue weighted by Gasteiger charge is -2.72. The lowest BCUT2D eigenvalue weighted by molar-refractivity contribution is -0.250. The Morgan fingerprint density at radius 1 is 0.875 bits per heavy atom. The van der Waals surface area contributed by atoms with Crippen molar-refractivity contribution in [3.8, 4) is 0 Å². The van der Waals surface area contributed by atoms with Crippen molar-refractivity contribution in [2.45, 2.75) is 132 Å². The number of ketones is 1. The Bertz CT molecular complexity index is 1070. The summed E-state index contributed by atoms with van der Waals surface area (Å²) in [4.78, 5) is 38.3. The van der Waals surface area contributed by atoms with Crippen LogP contribution in [0.5, 0.6) is 0 Å². The predicted octanol–water partition coefficient (Wildman–Crippen LogP) is 6.51. The molecule has 10 atom stereocenters. The molecule has 0 spiro atoms. The van der Waals surface area contributed by atoms with Crippen molar-refractivity contribution in [1.82, 2.24) is 0 Å². The standard InChI is InChI=1S/C34H54O6/c1-20(35)39-19-34-17-12-22(30(5,6)38)28(34)23-10-11-25-31(7)15-14-27(40-21(2)36)29(3,4)24(31)13-16-32(25,8)33(23,9)18-26(34)37/h22-25,27-28,38H,10-19H2,1-9H3/t22-,23?,24?,25?,27+,28?,31+,32-,33-,34+/m1/s1. The summed E-state index contributed by atoms with van der Waals surface area (Å²) in [7, 11) is 0. The maximum Gasteiger partial charge on any atom is 0.302 e. The van der Waals surface area contributed by atoms with Crippen molar-refractivity contribution in [3.05, 3.63) is 0 Å². The molecule has 5 rings (SSSR count). The Morgan fingerprint density at radius 3 is 2.15 bits per heavy atom. The molecule has 0 radical (unpaired) electrons. The molecule has 0 aromatic heterocycles. The average molecular weight is 559 g/mol. The fourth-order valence-electron chi connectivity index (χ4n) is 12.2. The maximum atomic E-state index is 14.4. The Morgan fingerprint density at radius 2 is 1.55 bits per heavy atom. The van der Waals surface area contributed by atoms with E-state index in [-0.39, 0.29) is 63.9 Å². The molecular formula is C34H54O6. The third-order valence-corrected chi connectivity index (χ3v) is 14.1. The number of hydrogen-bond donors (Lipinski definition) is 1. The van der Waals surface area contributed by atoms with Crippen LogP contribution in [-0.2, 0) is 23.9 Å². The van der Waals surface area contributed by atoms with Crippen LogP contribution in [0.1, 0.15) is 120 Å². The van der Waals surface area contributed by atoms with E-state index >= 15 is 0 Å².